The zero-order valence-electron chi connectivity index (χ0n) is 13.1. The van der Waals surface area contributed by atoms with E-state index in [1.807, 2.05) is 36.4 Å². The van der Waals surface area contributed by atoms with Crippen molar-refractivity contribution in [1.29, 1.82) is 5.26 Å². The summed E-state index contributed by atoms with van der Waals surface area (Å²) < 4.78 is 5.09. The van der Waals surface area contributed by atoms with Crippen molar-refractivity contribution in [2.45, 2.75) is 5.92 Å². The lowest BCUT2D eigenvalue weighted by Gasteiger charge is -2.07. The zero-order chi connectivity index (χ0) is 17.2. The first-order chi connectivity index (χ1) is 12.3. The van der Waals surface area contributed by atoms with Crippen molar-refractivity contribution in [1.82, 2.24) is 9.97 Å². The Morgan fingerprint density at radius 3 is 2.76 bits per heavy atom. The van der Waals surface area contributed by atoms with E-state index in [4.69, 9.17) is 4.42 Å². The highest BCUT2D eigenvalue weighted by atomic mass is 16.3. The van der Waals surface area contributed by atoms with Crippen LogP contribution < -0.4 is 0 Å². The Morgan fingerprint density at radius 1 is 1.12 bits per heavy atom. The zero-order valence-corrected chi connectivity index (χ0v) is 13.1. The fourth-order valence-corrected chi connectivity index (χ4v) is 2.80. The number of nitriles is 1. The smallest absolute Gasteiger partial charge is 0.187 e. The first-order valence-electron chi connectivity index (χ1n) is 7.77. The van der Waals surface area contributed by atoms with E-state index in [1.165, 1.54) is 0 Å². The third-order valence-corrected chi connectivity index (χ3v) is 4.07. The molecule has 120 valence electrons. The SMILES string of the molecule is N#C[C@H](C(=O)c1cccc(-c2ccoc2)c1)c1nc2ccccc2[nH]1. The van der Waals surface area contributed by atoms with Crippen molar-refractivity contribution in [2.24, 2.45) is 0 Å². The molecule has 0 fully saturated rings. The monoisotopic (exact) mass is 327 g/mol. The summed E-state index contributed by atoms with van der Waals surface area (Å²) in [4.78, 5) is 20.3. The number of rotatable bonds is 4. The molecule has 2 aromatic heterocycles. The first-order valence-corrected chi connectivity index (χ1v) is 7.77. The van der Waals surface area contributed by atoms with Crippen molar-refractivity contribution in [3.05, 3.63) is 78.5 Å². The van der Waals surface area contributed by atoms with Crippen LogP contribution in [0.3, 0.4) is 0 Å². The summed E-state index contributed by atoms with van der Waals surface area (Å²) in [7, 11) is 0. The van der Waals surface area contributed by atoms with Gasteiger partial charge in [0, 0.05) is 11.1 Å². The summed E-state index contributed by atoms with van der Waals surface area (Å²) in [6.07, 6.45) is 3.20. The van der Waals surface area contributed by atoms with Gasteiger partial charge in [0.2, 0.25) is 0 Å². The molecule has 0 aliphatic carbocycles. The van der Waals surface area contributed by atoms with E-state index in [1.54, 1.807) is 30.7 Å². The maximum absolute atomic E-state index is 12.9. The molecule has 5 nitrogen and oxygen atoms in total. The largest absolute Gasteiger partial charge is 0.472 e. The van der Waals surface area contributed by atoms with Gasteiger partial charge in [-0.2, -0.15) is 5.26 Å². The lowest BCUT2D eigenvalue weighted by Crippen LogP contribution is -2.12. The van der Waals surface area contributed by atoms with Crippen LogP contribution in [0.4, 0.5) is 0 Å². The normalized spacial score (nSPS) is 12.0. The van der Waals surface area contributed by atoms with Crippen LogP contribution >= 0.6 is 0 Å². The number of aromatic nitrogens is 2. The van der Waals surface area contributed by atoms with Gasteiger partial charge in [0.25, 0.3) is 0 Å². The number of H-pyrrole nitrogens is 1. The van der Waals surface area contributed by atoms with Gasteiger partial charge in [-0.15, -0.1) is 0 Å². The number of aromatic amines is 1. The average Bonchev–Trinajstić information content (AvgIpc) is 3.32. The third kappa shape index (κ3) is 2.70. The van der Waals surface area contributed by atoms with Crippen molar-refractivity contribution in [3.63, 3.8) is 0 Å². The molecule has 4 rings (SSSR count). The van der Waals surface area contributed by atoms with E-state index < -0.39 is 5.92 Å². The van der Waals surface area contributed by atoms with E-state index in [2.05, 4.69) is 16.0 Å². The van der Waals surface area contributed by atoms with E-state index in [-0.39, 0.29) is 5.78 Å². The van der Waals surface area contributed by atoms with Gasteiger partial charge in [0.05, 0.1) is 29.6 Å². The molecular formula is C20H13N3O2. The second-order valence-corrected chi connectivity index (χ2v) is 5.66. The Balaban J connectivity index is 1.71. The number of hydrogen-bond acceptors (Lipinski definition) is 4. The number of Topliss-reactive ketones (excluding diaryl/α,β-unsaturated/α-hetero) is 1. The highest BCUT2D eigenvalue weighted by Crippen LogP contribution is 2.25. The molecule has 0 spiro atoms. The van der Waals surface area contributed by atoms with Crippen LogP contribution in [0.25, 0.3) is 22.2 Å². The molecule has 1 N–H and O–H groups in total. The highest BCUT2D eigenvalue weighted by Gasteiger charge is 2.25. The standard InChI is InChI=1S/C20H13N3O2/c21-11-16(20-22-17-6-1-2-7-18(17)23-20)19(24)14-5-3-4-13(10-14)15-8-9-25-12-15/h1-10,12,16H,(H,22,23)/t16-/m1/s1. The van der Waals surface area contributed by atoms with Crippen molar-refractivity contribution in [3.8, 4) is 17.2 Å². The molecule has 2 aromatic carbocycles. The van der Waals surface area contributed by atoms with Gasteiger partial charge in [-0.3, -0.25) is 4.79 Å². The number of nitrogens with zero attached hydrogens (tertiary/aromatic N) is 2. The number of imidazole rings is 1. The summed E-state index contributed by atoms with van der Waals surface area (Å²) in [5, 5.41) is 9.54. The second kappa shape index (κ2) is 6.10. The van der Waals surface area contributed by atoms with Crippen molar-refractivity contribution >= 4 is 16.8 Å². The van der Waals surface area contributed by atoms with Gasteiger partial charge in [-0.25, -0.2) is 4.98 Å². The molecule has 0 aliphatic heterocycles. The van der Waals surface area contributed by atoms with Crippen LogP contribution in [-0.2, 0) is 0 Å². The average molecular weight is 327 g/mol. The molecule has 1 atom stereocenters. The predicted octanol–water partition coefficient (Wildman–Crippen LogP) is 4.31. The van der Waals surface area contributed by atoms with Crippen LogP contribution in [0.1, 0.15) is 22.1 Å². The maximum atomic E-state index is 12.9. The lowest BCUT2D eigenvalue weighted by molar-refractivity contribution is 0.0976. The summed E-state index contributed by atoms with van der Waals surface area (Å²) in [6.45, 7) is 0. The van der Waals surface area contributed by atoms with Crippen molar-refractivity contribution in [2.75, 3.05) is 0 Å². The third-order valence-electron chi connectivity index (χ3n) is 4.07. The number of benzene rings is 2. The quantitative estimate of drug-likeness (QED) is 0.566. The summed E-state index contributed by atoms with van der Waals surface area (Å²) >= 11 is 0. The van der Waals surface area contributed by atoms with Crippen molar-refractivity contribution < 1.29 is 9.21 Å². The Labute approximate surface area is 143 Å². The van der Waals surface area contributed by atoms with Crippen LogP contribution in [0.2, 0.25) is 0 Å². The molecule has 0 saturated heterocycles. The summed E-state index contributed by atoms with van der Waals surface area (Å²) in [5.41, 5.74) is 3.74. The number of furan rings is 1. The molecule has 25 heavy (non-hydrogen) atoms. The highest BCUT2D eigenvalue weighted by molar-refractivity contribution is 6.03. The van der Waals surface area contributed by atoms with Gasteiger partial charge in [-0.1, -0.05) is 30.3 Å². The number of ketones is 1. The number of nitrogens with one attached hydrogen (secondary N) is 1. The molecule has 0 saturated carbocycles. The molecule has 0 unspecified atom stereocenters. The molecule has 0 bridgehead atoms. The van der Waals surface area contributed by atoms with Gasteiger partial charge < -0.3 is 9.40 Å². The molecule has 5 heteroatoms. The van der Waals surface area contributed by atoms with E-state index in [0.717, 1.165) is 22.2 Å². The minimum absolute atomic E-state index is 0.285. The molecule has 4 aromatic rings. The Kier molecular flexibility index (Phi) is 3.64. The second-order valence-electron chi connectivity index (χ2n) is 5.66. The van der Waals surface area contributed by atoms with Gasteiger partial charge in [0.15, 0.2) is 11.7 Å². The number of fused-ring (bicyclic) bond motifs is 1. The molecule has 0 aliphatic rings. The predicted molar refractivity (Wildman–Crippen MR) is 92.9 cm³/mol. The topological polar surface area (TPSA) is 82.7 Å². The summed E-state index contributed by atoms with van der Waals surface area (Å²) in [6, 6.07) is 18.5. The number of carbonyl (C=O) groups excluding carboxylic acids is 1. The Bertz CT molecular complexity index is 1050. The minimum Gasteiger partial charge on any atom is -0.472 e. The minimum atomic E-state index is -0.980. The molecule has 2 heterocycles. The van der Waals surface area contributed by atoms with E-state index in [9.17, 15) is 10.1 Å². The van der Waals surface area contributed by atoms with Gasteiger partial charge in [0.1, 0.15) is 5.82 Å². The number of para-hydroxylation sites is 2. The fourth-order valence-electron chi connectivity index (χ4n) is 2.80. The van der Waals surface area contributed by atoms with Gasteiger partial charge >= 0.3 is 0 Å². The van der Waals surface area contributed by atoms with E-state index >= 15 is 0 Å². The lowest BCUT2D eigenvalue weighted by atomic mass is 9.95. The first kappa shape index (κ1) is 14.9. The van der Waals surface area contributed by atoms with Gasteiger partial charge in [-0.05, 0) is 29.8 Å². The number of carbonyl (C=O) groups is 1. The molecule has 0 amide bonds. The molecule has 0 radical (unpaired) electrons. The molecular weight excluding hydrogens is 314 g/mol. The fraction of sp³-hybridized carbons (Fsp3) is 0.0500. The summed E-state index contributed by atoms with van der Waals surface area (Å²) in [5.74, 6) is -0.902. The maximum Gasteiger partial charge on any atom is 0.187 e. The van der Waals surface area contributed by atoms with E-state index in [0.29, 0.717) is 11.4 Å². The van der Waals surface area contributed by atoms with Crippen LogP contribution in [0.5, 0.6) is 0 Å². The Hall–Kier alpha value is -3.65. The Morgan fingerprint density at radius 2 is 2.00 bits per heavy atom. The van der Waals surface area contributed by atoms with Crippen LogP contribution in [0, 0.1) is 11.3 Å². The number of hydrogen-bond donors (Lipinski definition) is 1. The van der Waals surface area contributed by atoms with Crippen LogP contribution in [0.15, 0.2) is 71.5 Å². The van der Waals surface area contributed by atoms with Crippen LogP contribution in [-0.4, -0.2) is 15.8 Å².